The van der Waals surface area contributed by atoms with Crippen LogP contribution < -0.4 is 0 Å². The van der Waals surface area contributed by atoms with Crippen LogP contribution in [0.3, 0.4) is 0 Å². The van der Waals surface area contributed by atoms with Crippen LogP contribution in [0.15, 0.2) is 0 Å². The quantitative estimate of drug-likeness (QED) is 0.380. The molecular weight excluding hydrogens is 223 g/mol. The molecule has 0 atom stereocenters. The summed E-state index contributed by atoms with van der Waals surface area (Å²) < 4.78 is 0. The smallest absolute Gasteiger partial charge is 0.0591 e. The Balaban J connectivity index is 1.90. The van der Waals surface area contributed by atoms with E-state index in [1.807, 2.05) is 0 Å². The molecule has 0 N–H and O–H groups in total. The van der Waals surface area contributed by atoms with E-state index in [1.54, 1.807) is 25.2 Å². The number of hydrogen-bond donors (Lipinski definition) is 0. The molecule has 0 aromatic heterocycles. The van der Waals surface area contributed by atoms with Crippen LogP contribution in [-0.4, -0.2) is 25.7 Å². The summed E-state index contributed by atoms with van der Waals surface area (Å²) in [4.78, 5) is 0. The van der Waals surface area contributed by atoms with E-state index < -0.39 is 7.26 Å². The maximum absolute atomic E-state index is 2.55. The summed E-state index contributed by atoms with van der Waals surface area (Å²) in [6.45, 7) is 7.40. The van der Waals surface area contributed by atoms with Crippen molar-refractivity contribution >= 4 is 7.26 Å². The third kappa shape index (κ3) is 7.45. The lowest BCUT2D eigenvalue weighted by Gasteiger charge is -2.29. The molecule has 1 aliphatic rings. The SMILES string of the molecule is CCCCCCCCCC1CC[P+](C)(C)CC1. The molecule has 0 nitrogen and oxygen atoms in total. The molecule has 1 heteroatoms. The predicted octanol–water partition coefficient (Wildman–Crippen LogP) is 5.81. The Morgan fingerprint density at radius 3 is 1.94 bits per heavy atom. The van der Waals surface area contributed by atoms with Crippen molar-refractivity contribution in [2.45, 2.75) is 71.1 Å². The van der Waals surface area contributed by atoms with Gasteiger partial charge in [-0.2, -0.15) is 0 Å². The molecule has 102 valence electrons. The summed E-state index contributed by atoms with van der Waals surface area (Å²) in [7, 11) is -0.431. The topological polar surface area (TPSA) is 0 Å². The molecule has 0 unspecified atom stereocenters. The molecule has 0 aromatic rings. The molecule has 0 radical (unpaired) electrons. The molecule has 1 rings (SSSR count). The average Bonchev–Trinajstić information content (AvgIpc) is 2.30. The number of hydrogen-bond acceptors (Lipinski definition) is 0. The van der Waals surface area contributed by atoms with Gasteiger partial charge in [0.25, 0.3) is 0 Å². The Hall–Kier alpha value is 0.430. The van der Waals surface area contributed by atoms with E-state index in [4.69, 9.17) is 0 Å². The molecule has 0 aliphatic carbocycles. The number of rotatable bonds is 8. The molecule has 0 spiro atoms. The van der Waals surface area contributed by atoms with Gasteiger partial charge in [-0.25, -0.2) is 0 Å². The molecule has 17 heavy (non-hydrogen) atoms. The zero-order valence-electron chi connectivity index (χ0n) is 12.5. The Morgan fingerprint density at radius 1 is 0.824 bits per heavy atom. The third-order valence-corrected chi connectivity index (χ3v) is 7.44. The van der Waals surface area contributed by atoms with Crippen LogP contribution in [0.4, 0.5) is 0 Å². The highest BCUT2D eigenvalue weighted by molar-refractivity contribution is 7.74. The second kappa shape index (κ2) is 8.52. The van der Waals surface area contributed by atoms with Crippen molar-refractivity contribution in [2.75, 3.05) is 25.7 Å². The van der Waals surface area contributed by atoms with Gasteiger partial charge in [-0.15, -0.1) is 0 Å². The van der Waals surface area contributed by atoms with Gasteiger partial charge in [0.15, 0.2) is 0 Å². The van der Waals surface area contributed by atoms with Crippen LogP contribution in [0.1, 0.15) is 71.1 Å². The van der Waals surface area contributed by atoms with Gasteiger partial charge >= 0.3 is 0 Å². The molecule has 0 saturated carbocycles. The molecular formula is C16H34P+. The highest BCUT2D eigenvalue weighted by Crippen LogP contribution is 2.56. The third-order valence-electron chi connectivity index (χ3n) is 4.50. The Morgan fingerprint density at radius 2 is 1.35 bits per heavy atom. The zero-order chi connectivity index (χ0) is 12.6. The monoisotopic (exact) mass is 257 g/mol. The van der Waals surface area contributed by atoms with Crippen molar-refractivity contribution in [1.82, 2.24) is 0 Å². The summed E-state index contributed by atoms with van der Waals surface area (Å²) in [5, 5.41) is 0. The van der Waals surface area contributed by atoms with Gasteiger partial charge in [-0.05, 0) is 18.8 Å². The zero-order valence-corrected chi connectivity index (χ0v) is 13.4. The molecule has 1 fully saturated rings. The van der Waals surface area contributed by atoms with E-state index in [2.05, 4.69) is 20.3 Å². The van der Waals surface area contributed by atoms with Gasteiger partial charge in [0.2, 0.25) is 0 Å². The van der Waals surface area contributed by atoms with E-state index in [0.717, 1.165) is 5.92 Å². The van der Waals surface area contributed by atoms with Crippen LogP contribution in [0.25, 0.3) is 0 Å². The van der Waals surface area contributed by atoms with Crippen LogP contribution in [0.5, 0.6) is 0 Å². The van der Waals surface area contributed by atoms with Crippen LogP contribution >= 0.6 is 7.26 Å². The molecule has 1 saturated heterocycles. The largest absolute Gasteiger partial charge is 0.0654 e. The maximum atomic E-state index is 2.55. The molecule has 0 aromatic carbocycles. The van der Waals surface area contributed by atoms with Crippen LogP contribution in [0.2, 0.25) is 0 Å². The first-order valence-electron chi connectivity index (χ1n) is 7.96. The normalized spacial score (nSPS) is 20.6. The minimum atomic E-state index is -0.431. The highest BCUT2D eigenvalue weighted by Gasteiger charge is 2.31. The first-order chi connectivity index (χ1) is 8.14. The number of unbranched alkanes of at least 4 members (excludes halogenated alkanes) is 6. The lowest BCUT2D eigenvalue weighted by molar-refractivity contribution is 0.420. The summed E-state index contributed by atoms with van der Waals surface area (Å²) in [6.07, 6.45) is 18.1. The standard InChI is InChI=1S/C16H34P/c1-4-5-6-7-8-9-10-11-16-12-14-17(2,3)15-13-16/h16H,4-15H2,1-3H3/q+1. The van der Waals surface area contributed by atoms with Crippen LogP contribution in [0, 0.1) is 5.92 Å². The molecule has 0 amide bonds. The van der Waals surface area contributed by atoms with Crippen molar-refractivity contribution in [1.29, 1.82) is 0 Å². The van der Waals surface area contributed by atoms with Crippen molar-refractivity contribution < 1.29 is 0 Å². The van der Waals surface area contributed by atoms with Crippen molar-refractivity contribution in [2.24, 2.45) is 5.92 Å². The van der Waals surface area contributed by atoms with Crippen LogP contribution in [-0.2, 0) is 0 Å². The Kier molecular flexibility index (Phi) is 7.76. The highest BCUT2D eigenvalue weighted by atomic mass is 31.2. The fourth-order valence-electron chi connectivity index (χ4n) is 3.00. The van der Waals surface area contributed by atoms with E-state index in [-0.39, 0.29) is 0 Å². The van der Waals surface area contributed by atoms with E-state index in [1.165, 1.54) is 51.4 Å². The average molecular weight is 257 g/mol. The second-order valence-corrected chi connectivity index (χ2v) is 11.5. The maximum Gasteiger partial charge on any atom is 0.0591 e. The fraction of sp³-hybridized carbons (Fsp3) is 1.00. The van der Waals surface area contributed by atoms with Crippen molar-refractivity contribution in [3.8, 4) is 0 Å². The van der Waals surface area contributed by atoms with Crippen molar-refractivity contribution in [3.63, 3.8) is 0 Å². The first-order valence-corrected chi connectivity index (χ1v) is 11.0. The first kappa shape index (κ1) is 15.5. The summed E-state index contributed by atoms with van der Waals surface area (Å²) >= 11 is 0. The van der Waals surface area contributed by atoms with Gasteiger partial charge in [-0.1, -0.05) is 58.3 Å². The summed E-state index contributed by atoms with van der Waals surface area (Å²) in [6, 6.07) is 0. The van der Waals surface area contributed by atoms with Crippen molar-refractivity contribution in [3.05, 3.63) is 0 Å². The second-order valence-electron chi connectivity index (χ2n) is 6.74. The lowest BCUT2D eigenvalue weighted by Crippen LogP contribution is -2.16. The molecule has 1 heterocycles. The predicted molar refractivity (Wildman–Crippen MR) is 83.8 cm³/mol. The van der Waals surface area contributed by atoms with Gasteiger partial charge in [0, 0.05) is 20.6 Å². The summed E-state index contributed by atoms with van der Waals surface area (Å²) in [5.41, 5.74) is 0. The molecule has 0 bridgehead atoms. The minimum absolute atomic E-state index is 0.431. The van der Waals surface area contributed by atoms with E-state index >= 15 is 0 Å². The Labute approximate surface area is 110 Å². The van der Waals surface area contributed by atoms with Gasteiger partial charge < -0.3 is 0 Å². The molecule has 1 aliphatic heterocycles. The van der Waals surface area contributed by atoms with Gasteiger partial charge in [0.05, 0.1) is 12.3 Å². The van der Waals surface area contributed by atoms with Gasteiger partial charge in [0.1, 0.15) is 0 Å². The van der Waals surface area contributed by atoms with E-state index in [0.29, 0.717) is 0 Å². The Bertz CT molecular complexity index is 176. The fourth-order valence-corrected chi connectivity index (χ4v) is 5.35. The lowest BCUT2D eigenvalue weighted by atomic mass is 9.95. The van der Waals surface area contributed by atoms with E-state index in [9.17, 15) is 0 Å². The van der Waals surface area contributed by atoms with Gasteiger partial charge in [-0.3, -0.25) is 0 Å². The minimum Gasteiger partial charge on any atom is -0.0654 e. The summed E-state index contributed by atoms with van der Waals surface area (Å²) in [5.74, 6) is 1.10.